The van der Waals surface area contributed by atoms with Crippen LogP contribution in [0.2, 0.25) is 0 Å². The first kappa shape index (κ1) is 18.2. The van der Waals surface area contributed by atoms with Gasteiger partial charge in [-0.05, 0) is 0 Å². The van der Waals surface area contributed by atoms with Crippen molar-refractivity contribution in [2.45, 2.75) is 0 Å². The van der Waals surface area contributed by atoms with E-state index in [2.05, 4.69) is 4.31 Å². The van der Waals surface area contributed by atoms with E-state index in [9.17, 15) is 9.13 Å². The minimum Gasteiger partial charge on any atom is -1.00 e. The van der Waals surface area contributed by atoms with Crippen LogP contribution in [0.25, 0.3) is 0 Å². The van der Waals surface area contributed by atoms with Crippen molar-refractivity contribution in [3.63, 3.8) is 0 Å². The summed E-state index contributed by atoms with van der Waals surface area (Å²) in [6, 6.07) is 0. The van der Waals surface area contributed by atoms with Crippen LogP contribution in [-0.4, -0.2) is 19.6 Å². The fourth-order valence-electron chi connectivity index (χ4n) is 0.139. The minimum atomic E-state index is -5.05. The van der Waals surface area contributed by atoms with Gasteiger partial charge in [0.15, 0.2) is 0 Å². The molecule has 0 radical (unpaired) electrons. The summed E-state index contributed by atoms with van der Waals surface area (Å²) < 4.78 is 22.2. The van der Waals surface area contributed by atoms with Gasteiger partial charge in [-0.15, -0.1) is 0 Å². The molecule has 0 aliphatic rings. The Bertz CT molecular complexity index is 162. The standard InChI is InChI=1S/Fe.Li.H4O7P2.H/c;;1-8(2,3)7-9(4,5)6;/h;;(H2,1,2,3)(H2,4,5,6);/q;+1;;-1. The molecule has 0 saturated carbocycles. The number of hydrogen-bond donors (Lipinski definition) is 4. The molecule has 0 aromatic carbocycles. The molecule has 0 spiro atoms. The van der Waals surface area contributed by atoms with Gasteiger partial charge >= 0.3 is 34.5 Å². The summed E-state index contributed by atoms with van der Waals surface area (Å²) >= 11 is 0. The van der Waals surface area contributed by atoms with Crippen LogP contribution < -0.4 is 18.9 Å². The van der Waals surface area contributed by atoms with Gasteiger partial charge in [-0.25, -0.2) is 9.13 Å². The summed E-state index contributed by atoms with van der Waals surface area (Å²) in [7, 11) is -10.1. The summed E-state index contributed by atoms with van der Waals surface area (Å²) in [5, 5.41) is 0. The third-order valence-electron chi connectivity index (χ3n) is 0.213. The van der Waals surface area contributed by atoms with Gasteiger partial charge in [-0.2, -0.15) is 4.31 Å². The van der Waals surface area contributed by atoms with E-state index in [1.165, 1.54) is 0 Å². The van der Waals surface area contributed by atoms with Crippen LogP contribution in [0.15, 0.2) is 0 Å². The second kappa shape index (κ2) is 5.93. The van der Waals surface area contributed by atoms with Gasteiger partial charge in [0.05, 0.1) is 0 Å². The van der Waals surface area contributed by atoms with E-state index >= 15 is 0 Å². The van der Waals surface area contributed by atoms with E-state index in [-0.39, 0.29) is 37.4 Å². The van der Waals surface area contributed by atoms with Crippen molar-refractivity contribution in [3.05, 3.63) is 0 Å². The number of rotatable bonds is 2. The van der Waals surface area contributed by atoms with Crippen LogP contribution in [0.3, 0.4) is 0 Å². The molecule has 0 amide bonds. The molecule has 0 unspecified atom stereocenters. The van der Waals surface area contributed by atoms with E-state index in [0.29, 0.717) is 0 Å². The monoisotopic (exact) mass is 242 g/mol. The minimum absolute atomic E-state index is 0. The van der Waals surface area contributed by atoms with Gasteiger partial charge in [-0.3, -0.25) is 0 Å². The average Bonchev–Trinajstić information content (AvgIpc) is 1.14. The first-order valence-corrected chi connectivity index (χ1v) is 4.59. The molecule has 11 heteroatoms. The Morgan fingerprint density at radius 3 is 1.18 bits per heavy atom. The fraction of sp³-hybridized carbons (Fsp3) is 0. The van der Waals surface area contributed by atoms with Crippen molar-refractivity contribution in [1.82, 2.24) is 0 Å². The molecule has 0 bridgehead atoms. The van der Waals surface area contributed by atoms with Gasteiger partial charge in [-0.1, -0.05) is 0 Å². The van der Waals surface area contributed by atoms with Crippen molar-refractivity contribution in [2.75, 3.05) is 0 Å². The fourth-order valence-corrected chi connectivity index (χ4v) is 1.25. The quantitative estimate of drug-likeness (QED) is 0.290. The maximum Gasteiger partial charge on any atom is 1.00 e. The maximum absolute atomic E-state index is 9.63. The third kappa shape index (κ3) is 18.4. The Morgan fingerprint density at radius 2 is 1.18 bits per heavy atom. The third-order valence-corrected chi connectivity index (χ3v) is 1.91. The molecular weight excluding hydrogens is 237 g/mol. The maximum atomic E-state index is 9.63. The SMILES string of the molecule is O=P(O)(O)OP(=O)(O)O.[Fe].[H-].[Li+]. The molecule has 11 heavy (non-hydrogen) atoms. The van der Waals surface area contributed by atoms with Gasteiger partial charge in [0.1, 0.15) is 0 Å². The Balaban J connectivity index is -0.000000107. The van der Waals surface area contributed by atoms with Crippen molar-refractivity contribution in [1.29, 1.82) is 0 Å². The zero-order valence-corrected chi connectivity index (χ0v) is 8.15. The van der Waals surface area contributed by atoms with E-state index in [0.717, 1.165) is 0 Å². The molecular formula is H5FeLiO7P2. The Labute approximate surface area is 86.1 Å². The van der Waals surface area contributed by atoms with Crippen LogP contribution >= 0.6 is 15.6 Å². The van der Waals surface area contributed by atoms with Crippen LogP contribution in [0.1, 0.15) is 1.43 Å². The number of phosphoric acid groups is 2. The van der Waals surface area contributed by atoms with Crippen molar-refractivity contribution < 1.29 is 70.4 Å². The van der Waals surface area contributed by atoms with E-state index in [1.54, 1.807) is 0 Å². The van der Waals surface area contributed by atoms with Crippen molar-refractivity contribution in [3.8, 4) is 0 Å². The Kier molecular flexibility index (Phi) is 9.82. The zero-order chi connectivity index (χ0) is 7.71. The molecule has 0 fully saturated rings. The first-order chi connectivity index (χ1) is 3.71. The van der Waals surface area contributed by atoms with E-state index in [4.69, 9.17) is 19.6 Å². The normalized spacial score (nSPS) is 11.3. The molecule has 7 nitrogen and oxygen atoms in total. The van der Waals surface area contributed by atoms with Crippen LogP contribution in [0, 0.1) is 0 Å². The van der Waals surface area contributed by atoms with Gasteiger partial charge in [0.25, 0.3) is 0 Å². The van der Waals surface area contributed by atoms with Crippen LogP contribution in [-0.2, 0) is 30.5 Å². The van der Waals surface area contributed by atoms with E-state index in [1.807, 2.05) is 0 Å². The zero-order valence-electron chi connectivity index (χ0n) is 6.26. The Hall–Kier alpha value is 1.38. The molecule has 0 saturated heterocycles. The van der Waals surface area contributed by atoms with E-state index < -0.39 is 15.6 Å². The second-order valence-electron chi connectivity index (χ2n) is 1.06. The molecule has 0 atom stereocenters. The summed E-state index contributed by atoms with van der Waals surface area (Å²) in [5.41, 5.74) is 0. The van der Waals surface area contributed by atoms with Crippen LogP contribution in [0.4, 0.5) is 0 Å². The first-order valence-electron chi connectivity index (χ1n) is 1.53. The molecule has 0 aliphatic carbocycles. The largest absolute Gasteiger partial charge is 1.00 e. The van der Waals surface area contributed by atoms with Crippen molar-refractivity contribution in [2.24, 2.45) is 0 Å². The number of hydrogen-bond acceptors (Lipinski definition) is 3. The summed E-state index contributed by atoms with van der Waals surface area (Å²) in [6.07, 6.45) is 0. The molecule has 0 aromatic rings. The molecule has 0 heterocycles. The summed E-state index contributed by atoms with van der Waals surface area (Å²) in [5.74, 6) is 0. The second-order valence-corrected chi connectivity index (χ2v) is 3.68. The predicted octanol–water partition coefficient (Wildman–Crippen LogP) is -3.70. The molecule has 0 rings (SSSR count). The predicted molar refractivity (Wildman–Crippen MR) is 26.3 cm³/mol. The summed E-state index contributed by atoms with van der Waals surface area (Å²) in [4.78, 5) is 31.0. The smallest absolute Gasteiger partial charge is 1.00 e. The van der Waals surface area contributed by atoms with Gasteiger partial charge < -0.3 is 21.0 Å². The molecule has 66 valence electrons. The van der Waals surface area contributed by atoms with Gasteiger partial charge in [0, 0.05) is 17.1 Å². The molecule has 4 N–H and O–H groups in total. The Morgan fingerprint density at radius 1 is 1.00 bits per heavy atom. The summed E-state index contributed by atoms with van der Waals surface area (Å²) in [6.45, 7) is 0. The van der Waals surface area contributed by atoms with Crippen molar-refractivity contribution >= 4 is 15.6 Å². The topological polar surface area (TPSA) is 124 Å². The molecule has 0 aliphatic heterocycles. The van der Waals surface area contributed by atoms with Crippen LogP contribution in [0.5, 0.6) is 0 Å². The molecule has 0 aromatic heterocycles. The average molecular weight is 242 g/mol. The van der Waals surface area contributed by atoms with Gasteiger partial charge in [0.2, 0.25) is 0 Å².